The Balaban J connectivity index is 1.92. The van der Waals surface area contributed by atoms with Crippen LogP contribution in [0.2, 0.25) is 0 Å². The second kappa shape index (κ2) is 5.32. The maximum absolute atomic E-state index is 11.9. The Bertz CT molecular complexity index is 651. The van der Waals surface area contributed by atoms with Crippen molar-refractivity contribution in [1.29, 1.82) is 0 Å². The second-order valence-electron chi connectivity index (χ2n) is 4.83. The van der Waals surface area contributed by atoms with Crippen molar-refractivity contribution in [2.75, 3.05) is 6.61 Å². The molecule has 1 unspecified atom stereocenters. The van der Waals surface area contributed by atoms with E-state index in [1.807, 2.05) is 32.0 Å². The smallest absolute Gasteiger partial charge is 0.315 e. The Morgan fingerprint density at radius 3 is 3.05 bits per heavy atom. The normalized spacial score (nSPS) is 17.0. The predicted molar refractivity (Wildman–Crippen MR) is 77.8 cm³/mol. The number of aromatic nitrogens is 2. The van der Waals surface area contributed by atoms with Crippen LogP contribution >= 0.6 is 11.3 Å². The summed E-state index contributed by atoms with van der Waals surface area (Å²) in [6, 6.07) is 5.90. The molecule has 4 nitrogen and oxygen atoms in total. The van der Waals surface area contributed by atoms with E-state index in [4.69, 9.17) is 4.74 Å². The molecule has 1 atom stereocenters. The van der Waals surface area contributed by atoms with Gasteiger partial charge in [-0.1, -0.05) is 6.07 Å². The molecule has 0 saturated carbocycles. The minimum absolute atomic E-state index is 0.152. The van der Waals surface area contributed by atoms with E-state index in [0.29, 0.717) is 6.61 Å². The lowest BCUT2D eigenvalue weighted by Gasteiger charge is -2.07. The first-order valence-corrected chi connectivity index (χ1v) is 7.61. The van der Waals surface area contributed by atoms with Gasteiger partial charge >= 0.3 is 5.97 Å². The molecule has 20 heavy (non-hydrogen) atoms. The lowest BCUT2D eigenvalue weighted by atomic mass is 10.1. The molecule has 0 fully saturated rings. The standard InChI is InChI=1S/C15H16N2O2S/c1-3-19-15(18)10-7-8-12-13(10)17-14(20-12)11-6-4-5-9(2)16-11/h4-6,10H,3,7-8H2,1-2H3. The molecule has 0 amide bonds. The maximum atomic E-state index is 11.9. The number of aryl methyl sites for hydroxylation is 2. The molecule has 0 saturated heterocycles. The van der Waals surface area contributed by atoms with Gasteiger partial charge < -0.3 is 4.74 Å². The number of carbonyl (C=O) groups excluding carboxylic acids is 1. The van der Waals surface area contributed by atoms with Crippen LogP contribution in [0.3, 0.4) is 0 Å². The lowest BCUT2D eigenvalue weighted by molar-refractivity contribution is -0.145. The molecule has 2 heterocycles. The summed E-state index contributed by atoms with van der Waals surface area (Å²) in [6.07, 6.45) is 1.72. The van der Waals surface area contributed by atoms with Gasteiger partial charge in [0.2, 0.25) is 0 Å². The van der Waals surface area contributed by atoms with Gasteiger partial charge in [0.25, 0.3) is 0 Å². The molecular weight excluding hydrogens is 272 g/mol. The first kappa shape index (κ1) is 13.2. The number of esters is 1. The first-order valence-electron chi connectivity index (χ1n) is 6.79. The molecule has 1 aliphatic carbocycles. The molecule has 104 valence electrons. The largest absolute Gasteiger partial charge is 0.465 e. The van der Waals surface area contributed by atoms with Crippen molar-refractivity contribution in [2.24, 2.45) is 0 Å². The van der Waals surface area contributed by atoms with Crippen molar-refractivity contribution >= 4 is 17.3 Å². The number of ether oxygens (including phenoxy) is 1. The van der Waals surface area contributed by atoms with Crippen molar-refractivity contribution in [3.05, 3.63) is 34.5 Å². The van der Waals surface area contributed by atoms with Crippen molar-refractivity contribution in [3.8, 4) is 10.7 Å². The average Bonchev–Trinajstić information content (AvgIpc) is 2.98. The molecule has 0 N–H and O–H groups in total. The molecule has 3 rings (SSSR count). The molecule has 0 bridgehead atoms. The van der Waals surface area contributed by atoms with Crippen LogP contribution in [-0.4, -0.2) is 22.5 Å². The fourth-order valence-corrected chi connectivity index (χ4v) is 3.58. The SMILES string of the molecule is CCOC(=O)C1CCc2sc(-c3cccc(C)n3)nc21. The summed E-state index contributed by atoms with van der Waals surface area (Å²) in [7, 11) is 0. The fourth-order valence-electron chi connectivity index (χ4n) is 2.47. The van der Waals surface area contributed by atoms with Crippen molar-refractivity contribution in [2.45, 2.75) is 32.6 Å². The number of rotatable bonds is 3. The van der Waals surface area contributed by atoms with Gasteiger partial charge in [-0.05, 0) is 38.8 Å². The van der Waals surface area contributed by atoms with Crippen LogP contribution in [0.1, 0.15) is 35.5 Å². The van der Waals surface area contributed by atoms with Crippen LogP contribution < -0.4 is 0 Å². The summed E-state index contributed by atoms with van der Waals surface area (Å²) in [4.78, 5) is 22.3. The predicted octanol–water partition coefficient (Wildman–Crippen LogP) is 3.11. The minimum atomic E-state index is -0.195. The van der Waals surface area contributed by atoms with E-state index in [0.717, 1.165) is 34.9 Å². The molecule has 0 spiro atoms. The summed E-state index contributed by atoms with van der Waals surface area (Å²) in [6.45, 7) is 4.21. The highest BCUT2D eigenvalue weighted by Gasteiger charge is 2.33. The monoisotopic (exact) mass is 288 g/mol. The highest BCUT2D eigenvalue weighted by Crippen LogP contribution is 2.39. The third-order valence-corrected chi connectivity index (χ3v) is 4.55. The van der Waals surface area contributed by atoms with E-state index in [9.17, 15) is 4.79 Å². The highest BCUT2D eigenvalue weighted by molar-refractivity contribution is 7.15. The van der Waals surface area contributed by atoms with Gasteiger partial charge in [0.15, 0.2) is 0 Å². The topological polar surface area (TPSA) is 52.1 Å². The maximum Gasteiger partial charge on any atom is 0.315 e. The summed E-state index contributed by atoms with van der Waals surface area (Å²) < 4.78 is 5.13. The summed E-state index contributed by atoms with van der Waals surface area (Å²) >= 11 is 1.64. The lowest BCUT2D eigenvalue weighted by Crippen LogP contribution is -2.14. The minimum Gasteiger partial charge on any atom is -0.465 e. The number of pyridine rings is 1. The van der Waals surface area contributed by atoms with Gasteiger partial charge in [0, 0.05) is 10.6 Å². The second-order valence-corrected chi connectivity index (χ2v) is 5.92. The Hall–Kier alpha value is -1.75. The van der Waals surface area contributed by atoms with Crippen molar-refractivity contribution in [1.82, 2.24) is 9.97 Å². The van der Waals surface area contributed by atoms with Gasteiger partial charge in [0.1, 0.15) is 10.9 Å². The van der Waals surface area contributed by atoms with E-state index < -0.39 is 0 Å². The summed E-state index contributed by atoms with van der Waals surface area (Å²) in [5.74, 6) is -0.347. The van der Waals surface area contributed by atoms with Crippen LogP contribution in [0, 0.1) is 6.92 Å². The van der Waals surface area contributed by atoms with E-state index >= 15 is 0 Å². The molecule has 0 aliphatic heterocycles. The average molecular weight is 288 g/mol. The quantitative estimate of drug-likeness (QED) is 0.814. The van der Waals surface area contributed by atoms with E-state index in [2.05, 4.69) is 9.97 Å². The molecule has 2 aromatic rings. The molecule has 0 aromatic carbocycles. The van der Waals surface area contributed by atoms with E-state index in [1.54, 1.807) is 11.3 Å². The zero-order valence-corrected chi connectivity index (χ0v) is 12.4. The number of thiazole rings is 1. The number of hydrogen-bond acceptors (Lipinski definition) is 5. The number of fused-ring (bicyclic) bond motifs is 1. The van der Waals surface area contributed by atoms with Crippen LogP contribution in [0.5, 0.6) is 0 Å². The third kappa shape index (κ3) is 2.33. The van der Waals surface area contributed by atoms with Crippen LogP contribution in [-0.2, 0) is 16.0 Å². The molecular formula is C15H16N2O2S. The van der Waals surface area contributed by atoms with Crippen molar-refractivity contribution in [3.63, 3.8) is 0 Å². The third-order valence-electron chi connectivity index (χ3n) is 3.40. The fraction of sp³-hybridized carbons (Fsp3) is 0.400. The number of nitrogens with zero attached hydrogens (tertiary/aromatic N) is 2. The molecule has 2 aromatic heterocycles. The molecule has 5 heteroatoms. The van der Waals surface area contributed by atoms with E-state index in [-0.39, 0.29) is 11.9 Å². The van der Waals surface area contributed by atoms with E-state index in [1.165, 1.54) is 4.88 Å². The number of carbonyl (C=O) groups is 1. The number of hydrogen-bond donors (Lipinski definition) is 0. The summed E-state index contributed by atoms with van der Waals surface area (Å²) in [5.41, 5.74) is 2.75. The van der Waals surface area contributed by atoms with Crippen LogP contribution in [0.25, 0.3) is 10.7 Å². The van der Waals surface area contributed by atoms with Crippen molar-refractivity contribution < 1.29 is 9.53 Å². The molecule has 0 radical (unpaired) electrons. The Morgan fingerprint density at radius 1 is 1.45 bits per heavy atom. The Morgan fingerprint density at radius 2 is 2.30 bits per heavy atom. The highest BCUT2D eigenvalue weighted by atomic mass is 32.1. The van der Waals surface area contributed by atoms with Gasteiger partial charge in [-0.3, -0.25) is 9.78 Å². The van der Waals surface area contributed by atoms with Gasteiger partial charge in [-0.15, -0.1) is 11.3 Å². The van der Waals surface area contributed by atoms with Crippen LogP contribution in [0.15, 0.2) is 18.2 Å². The zero-order valence-electron chi connectivity index (χ0n) is 11.5. The Labute approximate surface area is 121 Å². The van der Waals surface area contributed by atoms with Crippen LogP contribution in [0.4, 0.5) is 0 Å². The zero-order chi connectivity index (χ0) is 14.1. The first-order chi connectivity index (χ1) is 9.69. The molecule has 1 aliphatic rings. The summed E-state index contributed by atoms with van der Waals surface area (Å²) in [5, 5.41) is 0.896. The van der Waals surface area contributed by atoms with Gasteiger partial charge in [0.05, 0.1) is 18.0 Å². The Kier molecular flexibility index (Phi) is 3.53. The van der Waals surface area contributed by atoms with Gasteiger partial charge in [-0.2, -0.15) is 0 Å². The van der Waals surface area contributed by atoms with Gasteiger partial charge in [-0.25, -0.2) is 4.98 Å².